The van der Waals surface area contributed by atoms with Gasteiger partial charge in [0, 0.05) is 18.9 Å². The third-order valence-corrected chi connectivity index (χ3v) is 5.29. The monoisotopic (exact) mass is 348 g/mol. The van der Waals surface area contributed by atoms with Gasteiger partial charge in [-0.05, 0) is 50.2 Å². The lowest BCUT2D eigenvalue weighted by molar-refractivity contribution is -0.137. The van der Waals surface area contributed by atoms with Gasteiger partial charge in [0.2, 0.25) is 0 Å². The number of benzene rings is 1. The Morgan fingerprint density at radius 2 is 1.84 bits per heavy atom. The first kappa shape index (κ1) is 18.2. The Kier molecular flexibility index (Phi) is 6.70. The number of fused-ring (bicyclic) bond motifs is 2. The molecule has 2 aliphatic rings. The molecule has 0 radical (unpaired) electrons. The number of aliphatic carboxylic acids is 1. The van der Waals surface area contributed by atoms with Crippen molar-refractivity contribution in [2.75, 3.05) is 19.8 Å². The standard InChI is InChI=1S/C20H28O5/c21-20(22)8-4-5-12-23-14-17-16(18-9-10-19(17)25-18)11-13-24-15-6-2-1-3-7-15/h1-3,6-7,16-19H,4-5,8-14H2,(H,21,22). The molecular formula is C20H28O5. The Hall–Kier alpha value is -1.59. The van der Waals surface area contributed by atoms with Crippen LogP contribution in [-0.4, -0.2) is 43.1 Å². The predicted octanol–water partition coefficient (Wildman–Crippen LogP) is 3.52. The normalized spacial score (nSPS) is 27.5. The molecule has 138 valence electrons. The fourth-order valence-electron chi connectivity index (χ4n) is 4.03. The van der Waals surface area contributed by atoms with Crippen LogP contribution >= 0.6 is 0 Å². The van der Waals surface area contributed by atoms with Gasteiger partial charge in [-0.15, -0.1) is 0 Å². The smallest absolute Gasteiger partial charge is 0.303 e. The van der Waals surface area contributed by atoms with Gasteiger partial charge in [-0.25, -0.2) is 0 Å². The van der Waals surface area contributed by atoms with E-state index in [1.54, 1.807) is 0 Å². The summed E-state index contributed by atoms with van der Waals surface area (Å²) < 4.78 is 17.8. The molecule has 1 aromatic rings. The van der Waals surface area contributed by atoms with Crippen LogP contribution in [0.4, 0.5) is 0 Å². The third-order valence-electron chi connectivity index (χ3n) is 5.29. The van der Waals surface area contributed by atoms with E-state index >= 15 is 0 Å². The van der Waals surface area contributed by atoms with Gasteiger partial charge in [0.15, 0.2) is 0 Å². The molecule has 0 spiro atoms. The molecule has 2 heterocycles. The first-order valence-corrected chi connectivity index (χ1v) is 9.37. The molecule has 4 atom stereocenters. The first-order chi connectivity index (χ1) is 12.2. The average Bonchev–Trinajstić information content (AvgIpc) is 3.21. The molecular weight excluding hydrogens is 320 g/mol. The number of hydrogen-bond acceptors (Lipinski definition) is 4. The Balaban J connectivity index is 1.38. The molecule has 0 aromatic heterocycles. The van der Waals surface area contributed by atoms with Crippen molar-refractivity contribution in [2.24, 2.45) is 11.8 Å². The summed E-state index contributed by atoms with van der Waals surface area (Å²) in [5, 5.41) is 8.64. The van der Waals surface area contributed by atoms with Crippen LogP contribution in [-0.2, 0) is 14.3 Å². The molecule has 1 N–H and O–H groups in total. The minimum absolute atomic E-state index is 0.222. The van der Waals surface area contributed by atoms with Gasteiger partial charge in [-0.3, -0.25) is 4.79 Å². The lowest BCUT2D eigenvalue weighted by Gasteiger charge is -2.27. The largest absolute Gasteiger partial charge is 0.494 e. The summed E-state index contributed by atoms with van der Waals surface area (Å²) in [4.78, 5) is 10.5. The molecule has 0 amide bonds. The van der Waals surface area contributed by atoms with Crippen molar-refractivity contribution >= 4 is 5.97 Å². The fraction of sp³-hybridized carbons (Fsp3) is 0.650. The molecule has 0 aliphatic carbocycles. The van der Waals surface area contributed by atoms with Crippen LogP contribution in [0.15, 0.2) is 30.3 Å². The molecule has 5 nitrogen and oxygen atoms in total. The number of rotatable bonds is 11. The van der Waals surface area contributed by atoms with Crippen molar-refractivity contribution in [3.63, 3.8) is 0 Å². The molecule has 2 bridgehead atoms. The maximum Gasteiger partial charge on any atom is 0.303 e. The topological polar surface area (TPSA) is 65.0 Å². The molecule has 5 heteroatoms. The van der Waals surface area contributed by atoms with E-state index < -0.39 is 5.97 Å². The molecule has 2 saturated heterocycles. The maximum atomic E-state index is 10.5. The molecule has 1 aromatic carbocycles. The minimum Gasteiger partial charge on any atom is -0.494 e. The van der Waals surface area contributed by atoms with Crippen LogP contribution in [0.2, 0.25) is 0 Å². The Labute approximate surface area is 149 Å². The minimum atomic E-state index is -0.736. The summed E-state index contributed by atoms with van der Waals surface area (Å²) in [6.45, 7) is 2.05. The second-order valence-electron chi connectivity index (χ2n) is 6.99. The van der Waals surface area contributed by atoms with Gasteiger partial charge in [-0.2, -0.15) is 0 Å². The quantitative estimate of drug-likeness (QED) is 0.620. The van der Waals surface area contributed by atoms with Gasteiger partial charge in [0.1, 0.15) is 5.75 Å². The van der Waals surface area contributed by atoms with E-state index in [9.17, 15) is 4.79 Å². The highest BCUT2D eigenvalue weighted by Crippen LogP contribution is 2.45. The van der Waals surface area contributed by atoms with Gasteiger partial charge in [0.05, 0.1) is 25.4 Å². The van der Waals surface area contributed by atoms with Gasteiger partial charge < -0.3 is 19.3 Å². The van der Waals surface area contributed by atoms with E-state index in [0.717, 1.165) is 31.4 Å². The Morgan fingerprint density at radius 1 is 1.08 bits per heavy atom. The second kappa shape index (κ2) is 9.20. The zero-order chi connectivity index (χ0) is 17.5. The van der Waals surface area contributed by atoms with Crippen molar-refractivity contribution < 1.29 is 24.1 Å². The van der Waals surface area contributed by atoms with Crippen molar-refractivity contribution in [1.82, 2.24) is 0 Å². The fourth-order valence-corrected chi connectivity index (χ4v) is 4.03. The highest BCUT2D eigenvalue weighted by Gasteiger charge is 2.48. The summed E-state index contributed by atoms with van der Waals surface area (Å²) in [6, 6.07) is 9.92. The molecule has 2 aliphatic heterocycles. The van der Waals surface area contributed by atoms with Crippen molar-refractivity contribution in [3.05, 3.63) is 30.3 Å². The van der Waals surface area contributed by atoms with Crippen molar-refractivity contribution in [2.45, 2.75) is 50.7 Å². The molecule has 4 unspecified atom stereocenters. The van der Waals surface area contributed by atoms with Gasteiger partial charge in [-0.1, -0.05) is 18.2 Å². The zero-order valence-electron chi connectivity index (χ0n) is 14.6. The Bertz CT molecular complexity index is 532. The summed E-state index contributed by atoms with van der Waals surface area (Å²) in [6.07, 6.45) is 5.65. The van der Waals surface area contributed by atoms with E-state index in [-0.39, 0.29) is 6.42 Å². The lowest BCUT2D eigenvalue weighted by atomic mass is 9.78. The SMILES string of the molecule is O=C(O)CCCCOCC1C2CCC(O2)C1CCOc1ccccc1. The number of carbonyl (C=O) groups is 1. The second-order valence-corrected chi connectivity index (χ2v) is 6.99. The van der Waals surface area contributed by atoms with Crippen LogP contribution in [0, 0.1) is 11.8 Å². The van der Waals surface area contributed by atoms with Crippen molar-refractivity contribution in [1.29, 1.82) is 0 Å². The number of ether oxygens (including phenoxy) is 3. The summed E-state index contributed by atoms with van der Waals surface area (Å²) in [7, 11) is 0. The lowest BCUT2D eigenvalue weighted by Crippen LogP contribution is -2.32. The zero-order valence-corrected chi connectivity index (χ0v) is 14.6. The Morgan fingerprint density at radius 3 is 2.60 bits per heavy atom. The molecule has 0 saturated carbocycles. The van der Waals surface area contributed by atoms with Crippen molar-refractivity contribution in [3.8, 4) is 5.75 Å². The number of carboxylic acid groups (broad SMARTS) is 1. The van der Waals surface area contributed by atoms with E-state index in [2.05, 4.69) is 0 Å². The average molecular weight is 348 g/mol. The molecule has 25 heavy (non-hydrogen) atoms. The number of hydrogen-bond donors (Lipinski definition) is 1. The number of para-hydroxylation sites is 1. The van der Waals surface area contributed by atoms with Crippen LogP contribution < -0.4 is 4.74 Å². The van der Waals surface area contributed by atoms with Crippen LogP contribution in [0.1, 0.15) is 38.5 Å². The summed E-state index contributed by atoms with van der Waals surface area (Å²) in [5.74, 6) is 1.12. The third kappa shape index (κ3) is 5.19. The molecule has 2 fully saturated rings. The first-order valence-electron chi connectivity index (χ1n) is 9.37. The maximum absolute atomic E-state index is 10.5. The highest BCUT2D eigenvalue weighted by molar-refractivity contribution is 5.66. The van der Waals surface area contributed by atoms with Gasteiger partial charge >= 0.3 is 5.97 Å². The summed E-state index contributed by atoms with van der Waals surface area (Å²) in [5.41, 5.74) is 0. The van der Waals surface area contributed by atoms with Crippen LogP contribution in [0.5, 0.6) is 5.75 Å². The van der Waals surface area contributed by atoms with E-state index in [1.807, 2.05) is 30.3 Å². The predicted molar refractivity (Wildman–Crippen MR) is 93.7 cm³/mol. The van der Waals surface area contributed by atoms with E-state index in [0.29, 0.717) is 50.3 Å². The van der Waals surface area contributed by atoms with Crippen LogP contribution in [0.3, 0.4) is 0 Å². The summed E-state index contributed by atoms with van der Waals surface area (Å²) >= 11 is 0. The van der Waals surface area contributed by atoms with Gasteiger partial charge in [0.25, 0.3) is 0 Å². The van der Waals surface area contributed by atoms with E-state index in [1.165, 1.54) is 0 Å². The number of carboxylic acids is 1. The van der Waals surface area contributed by atoms with Crippen LogP contribution in [0.25, 0.3) is 0 Å². The molecule has 3 rings (SSSR count). The highest BCUT2D eigenvalue weighted by atomic mass is 16.5. The van der Waals surface area contributed by atoms with E-state index in [4.69, 9.17) is 19.3 Å². The number of unbranched alkanes of at least 4 members (excludes halogenated alkanes) is 1.